The van der Waals surface area contributed by atoms with Crippen LogP contribution in [0, 0.1) is 0 Å². The second kappa shape index (κ2) is 7.73. The van der Waals surface area contributed by atoms with Gasteiger partial charge in [-0.05, 0) is 30.9 Å². The van der Waals surface area contributed by atoms with Gasteiger partial charge in [-0.2, -0.15) is 0 Å². The van der Waals surface area contributed by atoms with Gasteiger partial charge in [0, 0.05) is 20.0 Å². The molecule has 1 fully saturated rings. The summed E-state index contributed by atoms with van der Waals surface area (Å²) in [6, 6.07) is 19.9. The van der Waals surface area contributed by atoms with E-state index in [0.717, 1.165) is 11.1 Å². The van der Waals surface area contributed by atoms with E-state index in [0.29, 0.717) is 25.9 Å². The Kier molecular flexibility index (Phi) is 5.40. The van der Waals surface area contributed by atoms with Crippen molar-refractivity contribution in [3.05, 3.63) is 71.8 Å². The van der Waals surface area contributed by atoms with Crippen molar-refractivity contribution in [1.29, 1.82) is 0 Å². The van der Waals surface area contributed by atoms with Gasteiger partial charge in [0.1, 0.15) is 0 Å². The largest absolute Gasteiger partial charge is 0.349 e. The number of piperidine rings is 1. The summed E-state index contributed by atoms with van der Waals surface area (Å²) in [6.45, 7) is 4.82. The van der Waals surface area contributed by atoms with E-state index in [1.54, 1.807) is 6.92 Å². The van der Waals surface area contributed by atoms with Crippen molar-refractivity contribution in [2.45, 2.75) is 38.1 Å². The Bertz CT molecular complexity index is 750. The number of benzene rings is 2. The quantitative estimate of drug-likeness (QED) is 0.918. The number of rotatable bonds is 4. The number of carbonyl (C=O) groups is 2. The number of amides is 2. The zero-order chi connectivity index (χ0) is 18.6. The average molecular weight is 350 g/mol. The van der Waals surface area contributed by atoms with Crippen LogP contribution in [0.1, 0.15) is 43.9 Å². The Morgan fingerprint density at radius 2 is 1.50 bits per heavy atom. The molecule has 1 aliphatic heterocycles. The highest BCUT2D eigenvalue weighted by Crippen LogP contribution is 2.36. The average Bonchev–Trinajstić information content (AvgIpc) is 2.69. The number of nitrogens with one attached hydrogen (secondary N) is 1. The first-order valence-electron chi connectivity index (χ1n) is 9.20. The molecule has 0 unspecified atom stereocenters. The number of nitrogens with zero attached hydrogens (tertiary/aromatic N) is 1. The third kappa shape index (κ3) is 3.64. The second-order valence-electron chi connectivity index (χ2n) is 7.06. The molecule has 1 heterocycles. The maximum atomic E-state index is 13.4. The summed E-state index contributed by atoms with van der Waals surface area (Å²) in [6.07, 6.45) is 1.29. The summed E-state index contributed by atoms with van der Waals surface area (Å²) in [5.41, 5.74) is 1.53. The fourth-order valence-electron chi connectivity index (χ4n) is 3.77. The van der Waals surface area contributed by atoms with Crippen LogP contribution in [-0.4, -0.2) is 29.8 Å². The van der Waals surface area contributed by atoms with Crippen LogP contribution in [0.3, 0.4) is 0 Å². The van der Waals surface area contributed by atoms with Gasteiger partial charge >= 0.3 is 0 Å². The maximum absolute atomic E-state index is 13.4. The van der Waals surface area contributed by atoms with Crippen molar-refractivity contribution < 1.29 is 9.59 Å². The summed E-state index contributed by atoms with van der Waals surface area (Å²) < 4.78 is 0. The van der Waals surface area contributed by atoms with Crippen LogP contribution >= 0.6 is 0 Å². The van der Waals surface area contributed by atoms with Crippen molar-refractivity contribution in [3.63, 3.8) is 0 Å². The van der Waals surface area contributed by atoms with Gasteiger partial charge in [0.2, 0.25) is 11.8 Å². The Morgan fingerprint density at radius 3 is 2.04 bits per heavy atom. The molecule has 4 nitrogen and oxygen atoms in total. The third-order valence-electron chi connectivity index (χ3n) is 5.47. The highest BCUT2D eigenvalue weighted by Gasteiger charge is 2.43. The highest BCUT2D eigenvalue weighted by molar-refractivity contribution is 5.89. The second-order valence-corrected chi connectivity index (χ2v) is 7.06. The van der Waals surface area contributed by atoms with E-state index in [2.05, 4.69) is 5.32 Å². The van der Waals surface area contributed by atoms with Crippen molar-refractivity contribution in [3.8, 4) is 0 Å². The molecule has 0 spiro atoms. The van der Waals surface area contributed by atoms with Crippen LogP contribution in [0.4, 0.5) is 0 Å². The van der Waals surface area contributed by atoms with Gasteiger partial charge in [-0.15, -0.1) is 0 Å². The van der Waals surface area contributed by atoms with E-state index in [1.807, 2.05) is 72.5 Å². The van der Waals surface area contributed by atoms with E-state index in [4.69, 9.17) is 0 Å². The molecule has 0 radical (unpaired) electrons. The van der Waals surface area contributed by atoms with Crippen molar-refractivity contribution in [2.75, 3.05) is 13.1 Å². The molecule has 2 aromatic rings. The number of likely N-dealkylation sites (tertiary alicyclic amines) is 1. The normalized spacial score (nSPS) is 17.4. The van der Waals surface area contributed by atoms with Gasteiger partial charge < -0.3 is 10.2 Å². The Balaban J connectivity index is 1.84. The van der Waals surface area contributed by atoms with Crippen LogP contribution in [0.2, 0.25) is 0 Å². The van der Waals surface area contributed by atoms with E-state index in [-0.39, 0.29) is 17.9 Å². The van der Waals surface area contributed by atoms with Crippen LogP contribution in [0.25, 0.3) is 0 Å². The summed E-state index contributed by atoms with van der Waals surface area (Å²) in [7, 11) is 0. The highest BCUT2D eigenvalue weighted by atomic mass is 16.2. The molecule has 2 amide bonds. The standard InChI is InChI=1S/C22H26N2O2/c1-17(19-9-5-3-6-10-19)23-21(26)22(20-11-7-4-8-12-20)13-15-24(16-14-22)18(2)25/h3-12,17H,13-16H2,1-2H3,(H,23,26)/t17-/m0/s1. The molecule has 4 heteroatoms. The monoisotopic (exact) mass is 350 g/mol. The lowest BCUT2D eigenvalue weighted by atomic mass is 9.71. The van der Waals surface area contributed by atoms with Crippen molar-refractivity contribution in [1.82, 2.24) is 10.2 Å². The van der Waals surface area contributed by atoms with Gasteiger partial charge in [0.05, 0.1) is 11.5 Å². The first-order chi connectivity index (χ1) is 12.5. The van der Waals surface area contributed by atoms with Gasteiger partial charge in [-0.3, -0.25) is 9.59 Å². The molecule has 0 aromatic heterocycles. The zero-order valence-corrected chi connectivity index (χ0v) is 15.4. The van der Waals surface area contributed by atoms with Gasteiger partial charge in [0.25, 0.3) is 0 Å². The van der Waals surface area contributed by atoms with E-state index < -0.39 is 5.41 Å². The van der Waals surface area contributed by atoms with Crippen LogP contribution < -0.4 is 5.32 Å². The first-order valence-corrected chi connectivity index (χ1v) is 9.20. The first kappa shape index (κ1) is 18.2. The Labute approximate surface area is 155 Å². The van der Waals surface area contributed by atoms with E-state index >= 15 is 0 Å². The fourth-order valence-corrected chi connectivity index (χ4v) is 3.77. The van der Waals surface area contributed by atoms with Crippen LogP contribution in [0.15, 0.2) is 60.7 Å². The fraction of sp³-hybridized carbons (Fsp3) is 0.364. The SMILES string of the molecule is CC(=O)N1CCC(C(=O)N[C@@H](C)c2ccccc2)(c2ccccc2)CC1. The Morgan fingerprint density at radius 1 is 0.962 bits per heavy atom. The molecule has 136 valence electrons. The Hall–Kier alpha value is -2.62. The van der Waals surface area contributed by atoms with Crippen LogP contribution in [-0.2, 0) is 15.0 Å². The molecular formula is C22H26N2O2. The molecule has 26 heavy (non-hydrogen) atoms. The molecule has 1 atom stereocenters. The van der Waals surface area contributed by atoms with Gasteiger partial charge in [-0.1, -0.05) is 60.7 Å². The third-order valence-corrected chi connectivity index (χ3v) is 5.47. The molecule has 0 bridgehead atoms. The number of hydrogen-bond acceptors (Lipinski definition) is 2. The molecule has 0 aliphatic carbocycles. The summed E-state index contributed by atoms with van der Waals surface area (Å²) >= 11 is 0. The number of hydrogen-bond donors (Lipinski definition) is 1. The molecule has 1 aliphatic rings. The van der Waals surface area contributed by atoms with E-state index in [9.17, 15) is 9.59 Å². The topological polar surface area (TPSA) is 49.4 Å². The zero-order valence-electron chi connectivity index (χ0n) is 15.4. The maximum Gasteiger partial charge on any atom is 0.231 e. The van der Waals surface area contributed by atoms with Crippen molar-refractivity contribution >= 4 is 11.8 Å². The minimum absolute atomic E-state index is 0.0447. The van der Waals surface area contributed by atoms with E-state index in [1.165, 1.54) is 0 Å². The van der Waals surface area contributed by atoms with Crippen molar-refractivity contribution in [2.24, 2.45) is 0 Å². The lowest BCUT2D eigenvalue weighted by Gasteiger charge is -2.41. The summed E-state index contributed by atoms with van der Waals surface area (Å²) in [4.78, 5) is 26.9. The van der Waals surface area contributed by atoms with Gasteiger partial charge in [-0.25, -0.2) is 0 Å². The summed E-state index contributed by atoms with van der Waals surface area (Å²) in [5, 5.41) is 3.21. The lowest BCUT2D eigenvalue weighted by Crippen LogP contribution is -2.52. The summed E-state index contributed by atoms with van der Waals surface area (Å²) in [5.74, 6) is 0.118. The molecular weight excluding hydrogens is 324 g/mol. The molecule has 1 N–H and O–H groups in total. The molecule has 0 saturated carbocycles. The van der Waals surface area contributed by atoms with Crippen LogP contribution in [0.5, 0.6) is 0 Å². The predicted molar refractivity (Wildman–Crippen MR) is 103 cm³/mol. The molecule has 1 saturated heterocycles. The lowest BCUT2D eigenvalue weighted by molar-refractivity contribution is -0.135. The van der Waals surface area contributed by atoms with Gasteiger partial charge in [0.15, 0.2) is 0 Å². The minimum Gasteiger partial charge on any atom is -0.349 e. The molecule has 3 rings (SSSR count). The predicted octanol–water partition coefficient (Wildman–Crippen LogP) is 3.44. The minimum atomic E-state index is -0.587. The number of carbonyl (C=O) groups excluding carboxylic acids is 2. The molecule has 2 aromatic carbocycles. The smallest absolute Gasteiger partial charge is 0.231 e.